The summed E-state index contributed by atoms with van der Waals surface area (Å²) in [7, 11) is 4.13. The number of benzene rings is 1. The van der Waals surface area contributed by atoms with Crippen molar-refractivity contribution in [1.82, 2.24) is 19.8 Å². The smallest absolute Gasteiger partial charge is 0.272 e. The van der Waals surface area contributed by atoms with E-state index in [1.165, 1.54) is 11.1 Å². The number of hydrogen-bond acceptors (Lipinski definition) is 4. The zero-order valence-corrected chi connectivity index (χ0v) is 18.0. The maximum absolute atomic E-state index is 13.0. The number of aromatic nitrogens is 2. The summed E-state index contributed by atoms with van der Waals surface area (Å²) in [6.07, 6.45) is 5.92. The molecule has 1 amide bonds. The zero-order chi connectivity index (χ0) is 21.4. The molecule has 2 aliphatic rings. The van der Waals surface area contributed by atoms with E-state index < -0.39 is 0 Å². The number of hydrogen-bond donors (Lipinski definition) is 0. The van der Waals surface area contributed by atoms with Crippen molar-refractivity contribution in [2.75, 3.05) is 27.2 Å². The third kappa shape index (κ3) is 3.89. The first-order chi connectivity index (χ1) is 15.1. The van der Waals surface area contributed by atoms with Gasteiger partial charge in [0.05, 0.1) is 11.4 Å². The van der Waals surface area contributed by atoms with Crippen LogP contribution in [-0.4, -0.2) is 58.9 Å². The van der Waals surface area contributed by atoms with Crippen LogP contribution >= 0.6 is 0 Å². The molecule has 2 aromatic heterocycles. The molecule has 1 aromatic carbocycles. The molecule has 5 heteroatoms. The maximum Gasteiger partial charge on any atom is 0.272 e. The number of likely N-dealkylation sites (N-methyl/N-ethyl adjacent to an activating group) is 1. The second-order valence-corrected chi connectivity index (χ2v) is 8.54. The molecular weight excluding hydrogens is 384 g/mol. The van der Waals surface area contributed by atoms with Crippen LogP contribution in [0.5, 0.6) is 0 Å². The Morgan fingerprint density at radius 1 is 1.06 bits per heavy atom. The quantitative estimate of drug-likeness (QED) is 0.652. The van der Waals surface area contributed by atoms with Gasteiger partial charge in [-0.15, -0.1) is 0 Å². The molecule has 0 N–H and O–H groups in total. The van der Waals surface area contributed by atoms with Gasteiger partial charge in [-0.05, 0) is 61.5 Å². The number of amides is 1. The molecule has 5 nitrogen and oxygen atoms in total. The van der Waals surface area contributed by atoms with Crippen molar-refractivity contribution in [3.05, 3.63) is 83.3 Å². The van der Waals surface area contributed by atoms with Gasteiger partial charge in [0, 0.05) is 37.3 Å². The highest BCUT2D eigenvalue weighted by atomic mass is 16.2. The van der Waals surface area contributed by atoms with Crippen LogP contribution in [-0.2, 0) is 6.42 Å². The van der Waals surface area contributed by atoms with Gasteiger partial charge in [0.25, 0.3) is 5.91 Å². The summed E-state index contributed by atoms with van der Waals surface area (Å²) in [5, 5.41) is 0. The van der Waals surface area contributed by atoms with E-state index in [4.69, 9.17) is 9.97 Å². The highest BCUT2D eigenvalue weighted by Crippen LogP contribution is 2.32. The number of pyridine rings is 2. The minimum Gasteiger partial charge on any atom is -0.336 e. The van der Waals surface area contributed by atoms with E-state index in [2.05, 4.69) is 55.4 Å². The average molecular weight is 411 g/mol. The van der Waals surface area contributed by atoms with Crippen LogP contribution in [0.2, 0.25) is 0 Å². The molecule has 0 bridgehead atoms. The first-order valence-electron chi connectivity index (χ1n) is 10.8. The molecule has 0 spiro atoms. The lowest BCUT2D eigenvalue weighted by atomic mass is 10.1. The summed E-state index contributed by atoms with van der Waals surface area (Å²) in [6, 6.07) is 18.6. The molecule has 0 radical (unpaired) electrons. The fourth-order valence-electron chi connectivity index (χ4n) is 4.40. The zero-order valence-electron chi connectivity index (χ0n) is 18.0. The standard InChI is InChI=1S/C26H26N4O/c1-29(2)22-11-12-30(17-22)26(31)24-10-6-9-23(28-24)21-14-20-13-19(15-25(20)27-16-21)18-7-4-3-5-8-18/h3-10,13-14,16,22H,11-12,15,17H2,1-2H3. The molecular formula is C26H26N4O. The topological polar surface area (TPSA) is 49.3 Å². The van der Waals surface area contributed by atoms with Crippen LogP contribution in [0.4, 0.5) is 0 Å². The van der Waals surface area contributed by atoms with Crippen molar-refractivity contribution in [3.63, 3.8) is 0 Å². The largest absolute Gasteiger partial charge is 0.336 e. The van der Waals surface area contributed by atoms with Crippen LogP contribution in [0.3, 0.4) is 0 Å². The lowest BCUT2D eigenvalue weighted by molar-refractivity contribution is 0.0777. The van der Waals surface area contributed by atoms with E-state index in [9.17, 15) is 4.79 Å². The summed E-state index contributed by atoms with van der Waals surface area (Å²) in [5.74, 6) is 0.00609. The van der Waals surface area contributed by atoms with Crippen LogP contribution in [0, 0.1) is 0 Å². The molecule has 5 rings (SSSR count). The van der Waals surface area contributed by atoms with Crippen LogP contribution in [0.1, 0.15) is 33.7 Å². The van der Waals surface area contributed by atoms with Crippen molar-refractivity contribution in [2.45, 2.75) is 18.9 Å². The predicted octanol–water partition coefficient (Wildman–Crippen LogP) is 4.02. The molecule has 1 aliphatic carbocycles. The third-order valence-electron chi connectivity index (χ3n) is 6.28. The van der Waals surface area contributed by atoms with E-state index in [1.54, 1.807) is 0 Å². The van der Waals surface area contributed by atoms with E-state index in [0.717, 1.165) is 48.4 Å². The van der Waals surface area contributed by atoms with Gasteiger partial charge in [0.1, 0.15) is 5.69 Å². The SMILES string of the molecule is CN(C)C1CCN(C(=O)c2cccc(-c3cnc4c(c3)C=C(c3ccccc3)C4)n2)C1. The molecule has 1 atom stereocenters. The van der Waals surface area contributed by atoms with Crippen LogP contribution < -0.4 is 0 Å². The summed E-state index contributed by atoms with van der Waals surface area (Å²) in [5.41, 5.74) is 6.94. The van der Waals surface area contributed by atoms with Gasteiger partial charge in [0.15, 0.2) is 0 Å². The Morgan fingerprint density at radius 3 is 2.68 bits per heavy atom. The Labute approximate surface area is 183 Å². The lowest BCUT2D eigenvalue weighted by Gasteiger charge is -2.20. The number of allylic oxidation sites excluding steroid dienone is 1. The Morgan fingerprint density at radius 2 is 1.90 bits per heavy atom. The Hall–Kier alpha value is -3.31. The summed E-state index contributed by atoms with van der Waals surface area (Å²) >= 11 is 0. The van der Waals surface area contributed by atoms with E-state index in [1.807, 2.05) is 35.4 Å². The van der Waals surface area contributed by atoms with Gasteiger partial charge in [-0.3, -0.25) is 9.78 Å². The lowest BCUT2D eigenvalue weighted by Crippen LogP contribution is -2.34. The minimum atomic E-state index is 0.00609. The van der Waals surface area contributed by atoms with Gasteiger partial charge in [-0.25, -0.2) is 4.98 Å². The Balaban J connectivity index is 1.39. The Kier molecular flexibility index (Phi) is 5.12. The predicted molar refractivity (Wildman–Crippen MR) is 123 cm³/mol. The highest BCUT2D eigenvalue weighted by molar-refractivity contribution is 5.93. The molecule has 1 saturated heterocycles. The number of rotatable bonds is 4. The average Bonchev–Trinajstić information content (AvgIpc) is 3.46. The molecule has 1 aliphatic heterocycles. The molecule has 1 unspecified atom stereocenters. The van der Waals surface area contributed by atoms with Crippen LogP contribution in [0.25, 0.3) is 22.9 Å². The number of carbonyl (C=O) groups excluding carboxylic acids is 1. The van der Waals surface area contributed by atoms with Crippen molar-refractivity contribution >= 4 is 17.6 Å². The molecule has 1 fully saturated rings. The fourth-order valence-corrected chi connectivity index (χ4v) is 4.40. The molecule has 31 heavy (non-hydrogen) atoms. The van der Waals surface area contributed by atoms with Gasteiger partial charge in [-0.1, -0.05) is 36.4 Å². The van der Waals surface area contributed by atoms with Crippen molar-refractivity contribution in [3.8, 4) is 11.3 Å². The van der Waals surface area contributed by atoms with E-state index >= 15 is 0 Å². The summed E-state index contributed by atoms with van der Waals surface area (Å²) < 4.78 is 0. The van der Waals surface area contributed by atoms with Gasteiger partial charge in [0.2, 0.25) is 0 Å². The van der Waals surface area contributed by atoms with Crippen LogP contribution in [0.15, 0.2) is 60.8 Å². The molecule has 0 saturated carbocycles. The van der Waals surface area contributed by atoms with Gasteiger partial charge >= 0.3 is 0 Å². The van der Waals surface area contributed by atoms with Gasteiger partial charge < -0.3 is 9.80 Å². The molecule has 3 aromatic rings. The summed E-state index contributed by atoms with van der Waals surface area (Å²) in [6.45, 7) is 1.53. The number of likely N-dealkylation sites (tertiary alicyclic amines) is 1. The maximum atomic E-state index is 13.0. The fraction of sp³-hybridized carbons (Fsp3) is 0.269. The number of carbonyl (C=O) groups is 1. The van der Waals surface area contributed by atoms with E-state index in [0.29, 0.717) is 11.7 Å². The normalized spacial score (nSPS) is 17.7. The summed E-state index contributed by atoms with van der Waals surface area (Å²) in [4.78, 5) is 26.5. The first-order valence-corrected chi connectivity index (χ1v) is 10.8. The highest BCUT2D eigenvalue weighted by Gasteiger charge is 2.28. The van der Waals surface area contributed by atoms with Gasteiger partial charge in [-0.2, -0.15) is 0 Å². The van der Waals surface area contributed by atoms with Crippen molar-refractivity contribution in [1.29, 1.82) is 0 Å². The second-order valence-electron chi connectivity index (χ2n) is 8.54. The first kappa shape index (κ1) is 19.6. The second kappa shape index (κ2) is 8.08. The monoisotopic (exact) mass is 410 g/mol. The third-order valence-corrected chi connectivity index (χ3v) is 6.28. The number of fused-ring (bicyclic) bond motifs is 1. The van der Waals surface area contributed by atoms with Crippen molar-refractivity contribution < 1.29 is 4.79 Å². The molecule has 3 heterocycles. The molecule has 156 valence electrons. The minimum absolute atomic E-state index is 0.00609. The van der Waals surface area contributed by atoms with Crippen molar-refractivity contribution in [2.24, 2.45) is 0 Å². The Bertz CT molecular complexity index is 1150. The van der Waals surface area contributed by atoms with E-state index in [-0.39, 0.29) is 5.91 Å². The number of nitrogens with zero attached hydrogens (tertiary/aromatic N) is 4.